The lowest BCUT2D eigenvalue weighted by atomic mass is 9.88. The second kappa shape index (κ2) is 6.13. The highest BCUT2D eigenvalue weighted by molar-refractivity contribution is 7.13. The van der Waals surface area contributed by atoms with Crippen molar-refractivity contribution < 1.29 is 14.3 Å². The third kappa shape index (κ3) is 3.26. The van der Waals surface area contributed by atoms with Crippen molar-refractivity contribution in [3.05, 3.63) is 11.1 Å². The van der Waals surface area contributed by atoms with E-state index in [0.717, 1.165) is 12.3 Å². The van der Waals surface area contributed by atoms with Crippen molar-refractivity contribution in [1.82, 2.24) is 4.98 Å². The van der Waals surface area contributed by atoms with Gasteiger partial charge in [-0.15, -0.1) is 11.3 Å². The Morgan fingerprint density at radius 2 is 2.29 bits per heavy atom. The lowest BCUT2D eigenvalue weighted by Gasteiger charge is -2.19. The minimum atomic E-state index is -0.284. The second-order valence-corrected chi connectivity index (χ2v) is 6.75. The average Bonchev–Trinajstić information content (AvgIpc) is 3.15. The Morgan fingerprint density at radius 1 is 1.43 bits per heavy atom. The number of nitrogens with zero attached hydrogens (tertiary/aromatic N) is 1. The van der Waals surface area contributed by atoms with Crippen LogP contribution in [0.1, 0.15) is 38.3 Å². The molecular weight excluding hydrogens is 288 g/mol. The summed E-state index contributed by atoms with van der Waals surface area (Å²) in [5.74, 6) is 1.28. The monoisotopic (exact) mass is 308 g/mol. The number of carbonyl (C=O) groups is 2. The van der Waals surface area contributed by atoms with Gasteiger partial charge in [-0.05, 0) is 38.0 Å². The molecule has 1 heterocycles. The van der Waals surface area contributed by atoms with Crippen LogP contribution in [0.4, 0.5) is 5.13 Å². The van der Waals surface area contributed by atoms with Gasteiger partial charge in [0.25, 0.3) is 0 Å². The molecule has 1 N–H and O–H groups in total. The lowest BCUT2D eigenvalue weighted by molar-refractivity contribution is -0.142. The summed E-state index contributed by atoms with van der Waals surface area (Å²) in [6, 6.07) is 0. The molecule has 114 valence electrons. The number of hydrogen-bond acceptors (Lipinski definition) is 5. The minimum Gasteiger partial charge on any atom is -0.466 e. The molecule has 6 heteroatoms. The Balaban J connectivity index is 1.54. The highest BCUT2D eigenvalue weighted by Crippen LogP contribution is 2.48. The fourth-order valence-corrected chi connectivity index (χ4v) is 4.28. The number of thiazole rings is 1. The Hall–Kier alpha value is -1.43. The first-order valence-corrected chi connectivity index (χ1v) is 8.44. The molecule has 2 aliphatic carbocycles. The van der Waals surface area contributed by atoms with E-state index in [-0.39, 0.29) is 24.2 Å². The summed E-state index contributed by atoms with van der Waals surface area (Å²) < 4.78 is 4.89. The van der Waals surface area contributed by atoms with E-state index < -0.39 is 0 Å². The largest absolute Gasteiger partial charge is 0.466 e. The Kier molecular flexibility index (Phi) is 4.24. The molecule has 0 aliphatic heterocycles. The topological polar surface area (TPSA) is 68.3 Å². The number of fused-ring (bicyclic) bond motifs is 2. The van der Waals surface area contributed by atoms with Crippen molar-refractivity contribution in [2.45, 2.75) is 39.0 Å². The van der Waals surface area contributed by atoms with E-state index in [2.05, 4.69) is 10.3 Å². The molecule has 0 aromatic carbocycles. The number of anilines is 1. The summed E-state index contributed by atoms with van der Waals surface area (Å²) in [6.07, 6.45) is 4.88. The molecule has 0 saturated heterocycles. The van der Waals surface area contributed by atoms with Gasteiger partial charge in [0, 0.05) is 11.3 Å². The van der Waals surface area contributed by atoms with Gasteiger partial charge in [0.15, 0.2) is 5.13 Å². The Bertz CT molecular complexity index is 543. The van der Waals surface area contributed by atoms with E-state index in [1.165, 1.54) is 30.6 Å². The number of esters is 1. The number of nitrogens with one attached hydrogen (secondary N) is 1. The minimum absolute atomic E-state index is 0.0965. The zero-order valence-corrected chi connectivity index (χ0v) is 12.9. The zero-order valence-electron chi connectivity index (χ0n) is 12.1. The summed E-state index contributed by atoms with van der Waals surface area (Å²) in [7, 11) is 0. The maximum absolute atomic E-state index is 12.3. The molecule has 0 unspecified atom stereocenters. The van der Waals surface area contributed by atoms with Gasteiger partial charge in [0.2, 0.25) is 5.91 Å². The summed E-state index contributed by atoms with van der Waals surface area (Å²) in [5.41, 5.74) is 0.654. The molecule has 2 bridgehead atoms. The summed E-state index contributed by atoms with van der Waals surface area (Å²) in [4.78, 5) is 28.0. The van der Waals surface area contributed by atoms with Gasteiger partial charge in [-0.1, -0.05) is 6.42 Å². The SMILES string of the molecule is CCOC(=O)Cc1csc(NC(=O)[C@H]2C[C@@H]3CC[C@H]2C3)n1. The third-order valence-corrected chi connectivity index (χ3v) is 5.29. The zero-order chi connectivity index (χ0) is 14.8. The van der Waals surface area contributed by atoms with Gasteiger partial charge in [-0.2, -0.15) is 0 Å². The standard InChI is InChI=1S/C15H20N2O3S/c1-2-20-13(18)7-11-8-21-15(16-11)17-14(19)12-6-9-3-4-10(12)5-9/h8-10,12H,2-7H2,1H3,(H,16,17,19)/t9-,10+,12+/m1/s1. The van der Waals surface area contributed by atoms with Gasteiger partial charge >= 0.3 is 5.97 Å². The third-order valence-electron chi connectivity index (χ3n) is 4.49. The van der Waals surface area contributed by atoms with Crippen LogP contribution in [0.25, 0.3) is 0 Å². The van der Waals surface area contributed by atoms with Crippen LogP contribution in [0.3, 0.4) is 0 Å². The van der Waals surface area contributed by atoms with Gasteiger partial charge in [0.05, 0.1) is 18.7 Å². The molecule has 0 spiro atoms. The molecule has 3 rings (SSSR count). The number of carbonyl (C=O) groups excluding carboxylic acids is 2. The number of amides is 1. The molecule has 1 aromatic rings. The van der Waals surface area contributed by atoms with E-state index >= 15 is 0 Å². The predicted octanol–water partition coefficient (Wildman–Crippen LogP) is 2.62. The maximum Gasteiger partial charge on any atom is 0.311 e. The molecule has 21 heavy (non-hydrogen) atoms. The number of hydrogen-bond donors (Lipinski definition) is 1. The number of ether oxygens (including phenoxy) is 1. The van der Waals surface area contributed by atoms with E-state index in [0.29, 0.717) is 23.4 Å². The summed E-state index contributed by atoms with van der Waals surface area (Å²) in [6.45, 7) is 2.15. The lowest BCUT2D eigenvalue weighted by Crippen LogP contribution is -2.27. The summed E-state index contributed by atoms with van der Waals surface area (Å²) in [5, 5.41) is 5.29. The molecule has 2 saturated carbocycles. The summed E-state index contributed by atoms with van der Waals surface area (Å²) >= 11 is 1.37. The second-order valence-electron chi connectivity index (χ2n) is 5.90. The first-order chi connectivity index (χ1) is 10.2. The number of aromatic nitrogens is 1. The van der Waals surface area contributed by atoms with Crippen LogP contribution in [-0.4, -0.2) is 23.5 Å². The van der Waals surface area contributed by atoms with Crippen molar-refractivity contribution in [1.29, 1.82) is 0 Å². The van der Waals surface area contributed by atoms with Crippen LogP contribution >= 0.6 is 11.3 Å². The normalized spacial score (nSPS) is 26.8. The van der Waals surface area contributed by atoms with Crippen LogP contribution in [0.15, 0.2) is 5.38 Å². The van der Waals surface area contributed by atoms with Crippen molar-refractivity contribution in [2.75, 3.05) is 11.9 Å². The van der Waals surface area contributed by atoms with Gasteiger partial charge in [-0.25, -0.2) is 4.98 Å². The first-order valence-electron chi connectivity index (χ1n) is 7.56. The number of rotatable bonds is 5. The van der Waals surface area contributed by atoms with Crippen molar-refractivity contribution in [3.63, 3.8) is 0 Å². The van der Waals surface area contributed by atoms with Crippen molar-refractivity contribution in [3.8, 4) is 0 Å². The molecule has 0 radical (unpaired) electrons. The predicted molar refractivity (Wildman–Crippen MR) is 80.0 cm³/mol. The van der Waals surface area contributed by atoms with E-state index in [1.807, 2.05) is 0 Å². The molecule has 1 aromatic heterocycles. The van der Waals surface area contributed by atoms with E-state index in [4.69, 9.17) is 4.74 Å². The average molecular weight is 308 g/mol. The smallest absolute Gasteiger partial charge is 0.311 e. The van der Waals surface area contributed by atoms with Gasteiger partial charge in [0.1, 0.15) is 0 Å². The molecule has 2 fully saturated rings. The van der Waals surface area contributed by atoms with Crippen LogP contribution in [0.2, 0.25) is 0 Å². The first kappa shape index (κ1) is 14.5. The highest BCUT2D eigenvalue weighted by atomic mass is 32.1. The quantitative estimate of drug-likeness (QED) is 0.849. The molecule has 2 aliphatic rings. The molecular formula is C15H20N2O3S. The highest BCUT2D eigenvalue weighted by Gasteiger charge is 2.43. The fourth-order valence-electron chi connectivity index (χ4n) is 3.57. The van der Waals surface area contributed by atoms with Crippen molar-refractivity contribution >= 4 is 28.3 Å². The van der Waals surface area contributed by atoms with Gasteiger partial charge in [-0.3, -0.25) is 9.59 Å². The maximum atomic E-state index is 12.3. The van der Waals surface area contributed by atoms with E-state index in [1.54, 1.807) is 12.3 Å². The van der Waals surface area contributed by atoms with Crippen LogP contribution in [-0.2, 0) is 20.7 Å². The molecule has 3 atom stereocenters. The van der Waals surface area contributed by atoms with E-state index in [9.17, 15) is 9.59 Å². The Morgan fingerprint density at radius 3 is 2.95 bits per heavy atom. The fraction of sp³-hybridized carbons (Fsp3) is 0.667. The molecule has 5 nitrogen and oxygen atoms in total. The van der Waals surface area contributed by atoms with Crippen LogP contribution in [0, 0.1) is 17.8 Å². The van der Waals surface area contributed by atoms with Crippen LogP contribution in [0.5, 0.6) is 0 Å². The van der Waals surface area contributed by atoms with Gasteiger partial charge < -0.3 is 10.1 Å². The van der Waals surface area contributed by atoms with Crippen LogP contribution < -0.4 is 5.32 Å². The van der Waals surface area contributed by atoms with Crippen molar-refractivity contribution in [2.24, 2.45) is 17.8 Å². The molecule has 1 amide bonds. The Labute approximate surface area is 128 Å².